The first kappa shape index (κ1) is 30.5. The lowest BCUT2D eigenvalue weighted by Crippen LogP contribution is -2.41. The van der Waals surface area contributed by atoms with Gasteiger partial charge in [-0.2, -0.15) is 0 Å². The average Bonchev–Trinajstić information content (AvgIpc) is 2.84. The number of rotatable bonds is 13. The summed E-state index contributed by atoms with van der Waals surface area (Å²) in [5.41, 5.74) is 1.09. The maximum absolute atomic E-state index is 14.4. The number of methoxy groups -OCH3 is 1. The van der Waals surface area contributed by atoms with Crippen molar-refractivity contribution >= 4 is 17.8 Å². The zero-order valence-corrected chi connectivity index (χ0v) is 23.0. The van der Waals surface area contributed by atoms with E-state index in [4.69, 9.17) is 18.9 Å². The molecule has 2 aromatic rings. The number of nitrogens with one attached hydrogen (secondary N) is 1. The Morgan fingerprint density at radius 2 is 1.76 bits per heavy atom. The van der Waals surface area contributed by atoms with E-state index >= 15 is 0 Å². The predicted octanol–water partition coefficient (Wildman–Crippen LogP) is 4.39. The lowest BCUT2D eigenvalue weighted by Gasteiger charge is -2.23. The molecule has 9 nitrogen and oxygen atoms in total. The maximum Gasteiger partial charge on any atom is 0.328 e. The summed E-state index contributed by atoms with van der Waals surface area (Å²) in [5.74, 6) is -2.24. The number of aromatic nitrogens is 1. The molecular weight excluding hydrogens is 495 g/mol. The van der Waals surface area contributed by atoms with Crippen molar-refractivity contribution in [1.29, 1.82) is 0 Å². The Bertz CT molecular complexity index is 1120. The smallest absolute Gasteiger partial charge is 0.328 e. The Balaban J connectivity index is 2.11. The van der Waals surface area contributed by atoms with E-state index in [0.717, 1.165) is 5.56 Å². The van der Waals surface area contributed by atoms with Crippen molar-refractivity contribution in [2.45, 2.75) is 66.5 Å². The van der Waals surface area contributed by atoms with Gasteiger partial charge in [0.05, 0.1) is 13.0 Å². The van der Waals surface area contributed by atoms with Crippen LogP contribution in [0, 0.1) is 24.6 Å². The van der Waals surface area contributed by atoms with Crippen LogP contribution in [0.5, 0.6) is 11.5 Å². The van der Waals surface area contributed by atoms with Gasteiger partial charge in [0, 0.05) is 18.7 Å². The molecule has 10 heteroatoms. The number of aryl methyl sites for hydroxylation is 1. The van der Waals surface area contributed by atoms with Crippen LogP contribution in [-0.2, 0) is 25.5 Å². The minimum Gasteiger partial charge on any atom is -0.493 e. The highest BCUT2D eigenvalue weighted by molar-refractivity contribution is 5.98. The fraction of sp³-hybridized carbons (Fsp3) is 0.500. The van der Waals surface area contributed by atoms with Gasteiger partial charge >= 0.3 is 11.9 Å². The van der Waals surface area contributed by atoms with Gasteiger partial charge in [0.15, 0.2) is 17.2 Å². The van der Waals surface area contributed by atoms with Crippen molar-refractivity contribution in [1.82, 2.24) is 10.3 Å². The van der Waals surface area contributed by atoms with Crippen LogP contribution in [0.4, 0.5) is 4.39 Å². The summed E-state index contributed by atoms with van der Waals surface area (Å²) >= 11 is 0. The molecule has 0 spiro atoms. The highest BCUT2D eigenvalue weighted by Crippen LogP contribution is 2.29. The standard InChI is InChI=1S/C28H37FN2O7/c1-16(2)12-21(14-20-9-8-18(5)13-22(20)29)38-28(34)19(6)31-26(32)24-25(23(35-7)10-11-30-24)36-15-37-27(33)17(3)4/h8-11,13,16-17,19,21H,12,14-15H2,1-7H3,(H,31,32)/t19-,21?/m0/s1. The third-order valence-corrected chi connectivity index (χ3v) is 5.55. The van der Waals surface area contributed by atoms with Gasteiger partial charge in [0.1, 0.15) is 18.0 Å². The molecule has 0 saturated heterocycles. The summed E-state index contributed by atoms with van der Waals surface area (Å²) in [4.78, 5) is 41.7. The maximum atomic E-state index is 14.4. The zero-order valence-electron chi connectivity index (χ0n) is 23.0. The van der Waals surface area contributed by atoms with Crippen molar-refractivity contribution in [3.63, 3.8) is 0 Å². The lowest BCUT2D eigenvalue weighted by molar-refractivity contribution is -0.154. The summed E-state index contributed by atoms with van der Waals surface area (Å²) in [6.45, 7) is 10.1. The molecule has 1 unspecified atom stereocenters. The summed E-state index contributed by atoms with van der Waals surface area (Å²) in [6.07, 6.45) is 1.49. The molecule has 2 rings (SSSR count). The average molecular weight is 533 g/mol. The number of halogens is 1. The van der Waals surface area contributed by atoms with Gasteiger partial charge in [-0.1, -0.05) is 39.8 Å². The van der Waals surface area contributed by atoms with Gasteiger partial charge in [0.25, 0.3) is 5.91 Å². The van der Waals surface area contributed by atoms with Crippen LogP contribution in [0.15, 0.2) is 30.5 Å². The molecular formula is C28H37FN2O7. The second-order valence-corrected chi connectivity index (χ2v) is 9.75. The first-order valence-corrected chi connectivity index (χ1v) is 12.5. The van der Waals surface area contributed by atoms with Crippen LogP contribution < -0.4 is 14.8 Å². The number of carbonyl (C=O) groups excluding carboxylic acids is 3. The molecule has 0 saturated carbocycles. The topological polar surface area (TPSA) is 113 Å². The van der Waals surface area contributed by atoms with E-state index < -0.39 is 36.8 Å². The quantitative estimate of drug-likeness (QED) is 0.299. The molecule has 0 radical (unpaired) electrons. The third-order valence-electron chi connectivity index (χ3n) is 5.55. The van der Waals surface area contributed by atoms with Gasteiger partial charge in [-0.3, -0.25) is 9.59 Å². The van der Waals surface area contributed by atoms with Crippen LogP contribution in [0.2, 0.25) is 0 Å². The Labute approximate surface area is 223 Å². The molecule has 0 aliphatic rings. The van der Waals surface area contributed by atoms with Gasteiger partial charge < -0.3 is 24.3 Å². The molecule has 0 aliphatic carbocycles. The van der Waals surface area contributed by atoms with Crippen LogP contribution in [0.1, 0.15) is 62.7 Å². The highest BCUT2D eigenvalue weighted by Gasteiger charge is 2.26. The third kappa shape index (κ3) is 9.00. The zero-order chi connectivity index (χ0) is 28.4. The van der Waals surface area contributed by atoms with E-state index in [1.54, 1.807) is 32.9 Å². The molecule has 1 aromatic heterocycles. The molecule has 0 bridgehead atoms. The fourth-order valence-electron chi connectivity index (χ4n) is 3.56. The number of esters is 2. The fourth-order valence-corrected chi connectivity index (χ4v) is 3.56. The van der Waals surface area contributed by atoms with E-state index in [9.17, 15) is 18.8 Å². The van der Waals surface area contributed by atoms with E-state index in [2.05, 4.69) is 10.3 Å². The highest BCUT2D eigenvalue weighted by atomic mass is 19.1. The number of benzene rings is 1. The minimum absolute atomic E-state index is 0.0443. The first-order valence-electron chi connectivity index (χ1n) is 12.5. The van der Waals surface area contributed by atoms with Crippen molar-refractivity contribution in [2.24, 2.45) is 11.8 Å². The number of hydrogen-bond donors (Lipinski definition) is 1. The van der Waals surface area contributed by atoms with E-state index in [0.29, 0.717) is 12.0 Å². The van der Waals surface area contributed by atoms with E-state index in [1.807, 2.05) is 13.8 Å². The Kier molecular flexibility index (Phi) is 11.5. The van der Waals surface area contributed by atoms with Gasteiger partial charge in [-0.15, -0.1) is 0 Å². The summed E-state index contributed by atoms with van der Waals surface area (Å²) < 4.78 is 35.9. The summed E-state index contributed by atoms with van der Waals surface area (Å²) in [7, 11) is 1.38. The Hall–Kier alpha value is -3.69. The largest absolute Gasteiger partial charge is 0.493 e. The normalized spacial score (nSPS) is 12.6. The van der Waals surface area contributed by atoms with Crippen LogP contribution >= 0.6 is 0 Å². The molecule has 2 atom stereocenters. The molecule has 0 fully saturated rings. The van der Waals surface area contributed by atoms with E-state index in [1.165, 1.54) is 32.4 Å². The molecule has 208 valence electrons. The number of amides is 1. The number of carbonyl (C=O) groups is 3. The Morgan fingerprint density at radius 3 is 2.37 bits per heavy atom. The molecule has 1 N–H and O–H groups in total. The lowest BCUT2D eigenvalue weighted by atomic mass is 9.98. The number of hydrogen-bond acceptors (Lipinski definition) is 8. The molecule has 1 aromatic carbocycles. The monoisotopic (exact) mass is 532 g/mol. The summed E-state index contributed by atoms with van der Waals surface area (Å²) in [5, 5.41) is 2.55. The minimum atomic E-state index is -1.04. The van der Waals surface area contributed by atoms with E-state index in [-0.39, 0.29) is 41.3 Å². The number of pyridine rings is 1. The number of ether oxygens (including phenoxy) is 4. The van der Waals surface area contributed by atoms with Gasteiger partial charge in [-0.25, -0.2) is 14.2 Å². The molecule has 38 heavy (non-hydrogen) atoms. The van der Waals surface area contributed by atoms with Crippen molar-refractivity contribution in [2.75, 3.05) is 13.9 Å². The van der Waals surface area contributed by atoms with Crippen molar-refractivity contribution in [3.05, 3.63) is 53.1 Å². The van der Waals surface area contributed by atoms with Crippen LogP contribution in [0.25, 0.3) is 0 Å². The van der Waals surface area contributed by atoms with Gasteiger partial charge in [-0.05, 0) is 43.4 Å². The second-order valence-electron chi connectivity index (χ2n) is 9.75. The van der Waals surface area contributed by atoms with Gasteiger partial charge in [0.2, 0.25) is 6.79 Å². The molecule has 1 amide bonds. The van der Waals surface area contributed by atoms with Crippen molar-refractivity contribution < 1.29 is 37.7 Å². The predicted molar refractivity (Wildman–Crippen MR) is 138 cm³/mol. The first-order chi connectivity index (χ1) is 17.9. The van der Waals surface area contributed by atoms with Crippen molar-refractivity contribution in [3.8, 4) is 11.5 Å². The van der Waals surface area contributed by atoms with Crippen LogP contribution in [0.3, 0.4) is 0 Å². The number of nitrogens with zero attached hydrogens (tertiary/aromatic N) is 1. The molecule has 1 heterocycles. The second kappa shape index (κ2) is 14.3. The van der Waals surface area contributed by atoms with Crippen LogP contribution in [-0.4, -0.2) is 48.9 Å². The summed E-state index contributed by atoms with van der Waals surface area (Å²) in [6, 6.07) is 5.37. The SMILES string of the molecule is COc1ccnc(C(=O)N[C@@H](C)C(=O)OC(Cc2ccc(C)cc2F)CC(C)C)c1OCOC(=O)C(C)C. The molecule has 0 aliphatic heterocycles. The Morgan fingerprint density at radius 1 is 1.05 bits per heavy atom.